The number of rotatable bonds is 35. The molecular weight excluding hydrogens is 1780 g/mol. The van der Waals surface area contributed by atoms with Crippen LogP contribution in [0.4, 0.5) is 36.6 Å². The predicted octanol–water partition coefficient (Wildman–Crippen LogP) is 2.07. The van der Waals surface area contributed by atoms with Gasteiger partial charge < -0.3 is 89.2 Å². The first kappa shape index (κ1) is 103. The van der Waals surface area contributed by atoms with Crippen molar-refractivity contribution in [1.29, 1.82) is 0 Å². The third-order valence-corrected chi connectivity index (χ3v) is 18.5. The third kappa shape index (κ3) is 32.5. The van der Waals surface area contributed by atoms with Crippen molar-refractivity contribution in [3.05, 3.63) is 148 Å². The molecule has 4 unspecified atom stereocenters. The van der Waals surface area contributed by atoms with Gasteiger partial charge in [0.15, 0.2) is 34.1 Å². The Morgan fingerprint density at radius 2 is 0.811 bits per heavy atom. The van der Waals surface area contributed by atoms with Gasteiger partial charge in [0, 0.05) is 55.3 Å². The Kier molecular flexibility index (Phi) is 40.4. The van der Waals surface area contributed by atoms with E-state index in [0.29, 0.717) is 97.2 Å². The van der Waals surface area contributed by atoms with Crippen LogP contribution in [-0.2, 0) is 94.3 Å². The highest BCUT2D eigenvalue weighted by Crippen LogP contribution is 2.38. The second-order valence-electron chi connectivity index (χ2n) is 25.4. The summed E-state index contributed by atoms with van der Waals surface area (Å²) in [6, 6.07) is 3.39. The molecule has 12 aromatic heterocycles. The topological polar surface area (TPSA) is 715 Å². The highest BCUT2D eigenvalue weighted by molar-refractivity contribution is 7.52. The van der Waals surface area contributed by atoms with Crippen LogP contribution in [-0.4, -0.2) is 280 Å². The molecule has 0 fully saturated rings. The van der Waals surface area contributed by atoms with E-state index >= 15 is 0 Å². The summed E-state index contributed by atoms with van der Waals surface area (Å²) < 4.78 is 192. The minimum absolute atomic E-state index is 0. The van der Waals surface area contributed by atoms with Gasteiger partial charge in [-0.15, -0.1) is 0 Å². The summed E-state index contributed by atoms with van der Waals surface area (Å²) in [5, 5.41) is 24.2. The van der Waals surface area contributed by atoms with Gasteiger partial charge in [0.05, 0.1) is 83.9 Å². The number of imidazole rings is 3. The summed E-state index contributed by atoms with van der Waals surface area (Å²) in [6.07, 6.45) is -1.96. The van der Waals surface area contributed by atoms with Crippen LogP contribution in [0, 0.1) is 34.6 Å². The molecule has 12 rings (SSSR count). The van der Waals surface area contributed by atoms with Crippen molar-refractivity contribution in [2.24, 2.45) is 0 Å². The van der Waals surface area contributed by atoms with Crippen molar-refractivity contribution in [2.75, 3.05) is 63.8 Å². The normalized spacial score (nSPS) is 13.6. The smallest absolute Gasteiger partial charge is 0.412 e. The van der Waals surface area contributed by atoms with Crippen LogP contribution in [0.5, 0.6) is 0 Å². The van der Waals surface area contributed by atoms with E-state index in [4.69, 9.17) is 83.1 Å². The molecular formula is C60H85F7N24O25P6+2. The molecule has 8 atom stereocenters. The molecule has 62 heteroatoms. The summed E-state index contributed by atoms with van der Waals surface area (Å²) >= 11 is 0. The number of halogens is 7. The number of ether oxygens (including phenoxy) is 6. The molecule has 0 amide bonds. The van der Waals surface area contributed by atoms with E-state index in [1.807, 2.05) is 0 Å². The summed E-state index contributed by atoms with van der Waals surface area (Å²) in [7, 11) is -22.4. The first-order valence-electron chi connectivity index (χ1n) is 34.4. The lowest BCUT2D eigenvalue weighted by atomic mass is 10.1. The molecule has 0 aliphatic heterocycles. The predicted molar refractivity (Wildman–Crippen MR) is 409 cm³/mol. The molecule has 12 aromatic rings. The number of nitrogens with zero attached hydrogens (tertiary/aromatic N) is 22. The molecule has 0 bridgehead atoms. The number of nitrogen functional groups attached to an aromatic ring is 1. The lowest BCUT2D eigenvalue weighted by Gasteiger charge is -2.14. The first-order valence-corrected chi connectivity index (χ1v) is 44.4. The maximum absolute atomic E-state index is 12.9. The van der Waals surface area contributed by atoms with Gasteiger partial charge in [0.25, 0.3) is 31.1 Å². The minimum atomic E-state index is -4.34. The maximum Gasteiger partial charge on any atom is 0.534 e. The molecule has 0 spiro atoms. The fourth-order valence-electron chi connectivity index (χ4n) is 10.4. The number of H-pyrrole nitrogens is 1. The molecule has 0 aliphatic carbocycles. The van der Waals surface area contributed by atoms with Gasteiger partial charge >= 0.3 is 46.4 Å². The van der Waals surface area contributed by atoms with Crippen LogP contribution >= 0.6 is 46.4 Å². The number of aryl methyl sites for hydroxylation is 5. The molecule has 0 saturated carbocycles. The Hall–Kier alpha value is -9.12. The quantitative estimate of drug-likeness (QED) is 0.0200. The zero-order valence-electron chi connectivity index (χ0n) is 64.7. The lowest BCUT2D eigenvalue weighted by Crippen LogP contribution is -2.24. The SMILES string of the molecule is Cc1ncnc2c(C[C@@H](OC[P+](=O)O)C(F)F)cnn12.Cc1ncnc2c(C[C@H](OC[P+](=O)O)C(F)F)cnn12.Cc1ncnn2c(CC(CF)OCP(=O)(O)O)cnc12.Cc1ncnn2c(C[C@@H](CF)OCP(=O)(O)O)cnc12.Cc1nn2c(CC(C)OCP(=O)(O)O)ccc2c(=O)[nH]1.Nc1ncnn2c(C[C@H](CF)OCP(=O)(O)O)cnc12.O.O. The number of aromatic nitrogens is 23. The summed E-state index contributed by atoms with van der Waals surface area (Å²) in [4.78, 5) is 141. The van der Waals surface area contributed by atoms with Crippen LogP contribution in [0.1, 0.15) is 69.7 Å². The number of hydrogen-bond donors (Lipinski definition) is 12. The highest BCUT2D eigenvalue weighted by Gasteiger charge is 2.31. The minimum Gasteiger partial charge on any atom is -0.412 e. The Morgan fingerprint density at radius 1 is 0.443 bits per heavy atom. The summed E-state index contributed by atoms with van der Waals surface area (Å²) in [5.74, 6) is 1.83. The molecule has 0 radical (unpaired) electrons. The fraction of sp³-hybridized carbons (Fsp3) is 0.483. The number of fused-ring (bicyclic) bond motifs is 6. The largest absolute Gasteiger partial charge is 0.534 e. The number of alkyl halides is 7. The van der Waals surface area contributed by atoms with Crippen molar-refractivity contribution >= 4 is 86.0 Å². The van der Waals surface area contributed by atoms with Crippen molar-refractivity contribution in [1.82, 2.24) is 113 Å². The van der Waals surface area contributed by atoms with Crippen LogP contribution in [0.25, 0.3) is 33.8 Å². The van der Waals surface area contributed by atoms with Gasteiger partial charge in [0.2, 0.25) is 0 Å². The number of nitrogens with one attached hydrogen (secondary N) is 1. The Balaban J connectivity index is 0.000000259. The Bertz CT molecular complexity index is 5270. The van der Waals surface area contributed by atoms with Gasteiger partial charge in [-0.2, -0.15) is 40.4 Å². The van der Waals surface area contributed by atoms with E-state index in [1.54, 1.807) is 53.7 Å². The van der Waals surface area contributed by atoms with Gasteiger partial charge in [-0.3, -0.25) is 23.1 Å². The van der Waals surface area contributed by atoms with Crippen LogP contribution in [0.15, 0.2) is 79.5 Å². The average Bonchev–Trinajstić information content (AvgIpc) is 1.66. The molecule has 49 nitrogen and oxygen atoms in total. The van der Waals surface area contributed by atoms with Crippen molar-refractivity contribution < 1.29 is 146 Å². The summed E-state index contributed by atoms with van der Waals surface area (Å²) in [6.45, 7) is 7.72. The van der Waals surface area contributed by atoms with E-state index < -0.39 is 154 Å². The fourth-order valence-corrected chi connectivity index (χ4v) is 12.7. The zero-order chi connectivity index (χ0) is 88.6. The van der Waals surface area contributed by atoms with Gasteiger partial charge in [-0.25, -0.2) is 108 Å². The van der Waals surface area contributed by atoms with Gasteiger partial charge in [-0.05, 0) is 62.8 Å². The standard InChI is InChI=1S/C11H16N3O5P.2C10H11F2N4O3P.2C10H14FN4O4P.C9H13FN5O4P.2H2O/c1-7(19-6-20(16,17)18)5-9-3-4-10-11(15)12-8(2)13-14(9)10;2*1-6-13-4-14-10-7(3-15-16(6)10)2-8(9(11)12)19-5-20(17)18;2*1-7-10-12-4-8(15(10)14-5-13-7)2-9(3-11)19-6-20(16,17)18;10-2-7(19-5-20(16,17)18)1-6-3-12-9-8(11)13-4-14-15(6)9;;/h3-4,7H,5-6H2,1-2H3,(H,12,13,15)(H2,16,17,18);2*3-4,8-9H,2,5H2,1H3;2*4-5,9H,2-3,6H2,1H3,(H2,16,17,18);3-4,7H,1-2,5H2,(H2,11,13,14)(H2,16,17,18);2*1H2/p+2/t;2*8-;9-;;7-;;/m.100.1../s1. The third-order valence-electron chi connectivity index (χ3n) is 15.8. The zero-order valence-corrected chi connectivity index (χ0v) is 70.0. The first-order chi connectivity index (χ1) is 56.4. The molecule has 672 valence electrons. The molecule has 12 heterocycles. The van der Waals surface area contributed by atoms with Crippen LogP contribution in [0.3, 0.4) is 0 Å². The lowest BCUT2D eigenvalue weighted by molar-refractivity contribution is -0.0399. The molecule has 122 heavy (non-hydrogen) atoms. The Labute approximate surface area is 683 Å². The number of anilines is 1. The van der Waals surface area contributed by atoms with Crippen molar-refractivity contribution in [3.8, 4) is 0 Å². The number of hydrogen-bond acceptors (Lipinski definition) is 30. The summed E-state index contributed by atoms with van der Waals surface area (Å²) in [5.41, 5.74) is 12.8. The molecule has 17 N–H and O–H groups in total. The van der Waals surface area contributed by atoms with E-state index in [0.717, 1.165) is 5.69 Å². The molecule has 0 aliphatic rings. The second-order valence-corrected chi connectivity index (χ2v) is 33.6. The maximum atomic E-state index is 12.9. The number of nitrogens with two attached hydrogens (primary N) is 1. The van der Waals surface area contributed by atoms with E-state index in [-0.39, 0.29) is 54.4 Å². The van der Waals surface area contributed by atoms with E-state index in [1.165, 1.54) is 89.7 Å². The second kappa shape index (κ2) is 47.7. The molecule has 0 aromatic carbocycles. The van der Waals surface area contributed by atoms with E-state index in [9.17, 15) is 62.9 Å². The Morgan fingerprint density at radius 3 is 1.18 bits per heavy atom. The van der Waals surface area contributed by atoms with Crippen molar-refractivity contribution in [3.63, 3.8) is 0 Å². The van der Waals surface area contributed by atoms with Gasteiger partial charge in [-0.1, -0.05) is 0 Å². The van der Waals surface area contributed by atoms with Crippen molar-refractivity contribution in [2.45, 2.75) is 130 Å². The van der Waals surface area contributed by atoms with Crippen LogP contribution < -0.4 is 11.3 Å². The molecule has 0 saturated heterocycles. The van der Waals surface area contributed by atoms with Crippen LogP contribution in [0.2, 0.25) is 0 Å². The van der Waals surface area contributed by atoms with Gasteiger partial charge in [0.1, 0.15) is 112 Å². The average molecular weight is 1860 g/mol. The number of aromatic amines is 1. The van der Waals surface area contributed by atoms with E-state index in [2.05, 4.69) is 85.4 Å². The highest BCUT2D eigenvalue weighted by atomic mass is 31.2. The monoisotopic (exact) mass is 1860 g/mol.